The molecule has 3 aliphatic rings. The molecular formula is C70H115N11O14. The Kier molecular flexibility index (Phi) is 35.3. The summed E-state index contributed by atoms with van der Waals surface area (Å²) < 4.78 is 34.3. The fourth-order valence-electron chi connectivity index (χ4n) is 12.5. The molecule has 95 heavy (non-hydrogen) atoms. The number of allylic oxidation sites excluding steroid dienone is 3. The molecule has 0 radical (unpaired) electrons. The van der Waals surface area contributed by atoms with Gasteiger partial charge in [0, 0.05) is 104 Å². The number of rotatable bonds is 41. The van der Waals surface area contributed by atoms with Crippen molar-refractivity contribution in [2.75, 3.05) is 119 Å². The van der Waals surface area contributed by atoms with E-state index in [9.17, 15) is 38.4 Å². The number of para-hydroxylation sites is 1. The summed E-state index contributed by atoms with van der Waals surface area (Å²) in [7, 11) is 7.93. The number of fused-ring (bicyclic) bond motifs is 1. The summed E-state index contributed by atoms with van der Waals surface area (Å²) >= 11 is 0. The zero-order valence-electron chi connectivity index (χ0n) is 59.7. The number of carbonyl (C=O) groups excluding carboxylic acids is 8. The Bertz CT molecular complexity index is 2790. The average molecular weight is 1330 g/mol. The number of primary amides is 1. The molecule has 1 fully saturated rings. The maximum Gasteiger partial charge on any atom is 0.245 e. The van der Waals surface area contributed by atoms with Crippen molar-refractivity contribution in [3.05, 3.63) is 53.1 Å². The van der Waals surface area contributed by atoms with E-state index in [0.717, 1.165) is 41.7 Å². The number of nitrogens with one attached hydrogen (secondary N) is 2. The lowest BCUT2D eigenvalue weighted by Crippen LogP contribution is -2.60. The monoisotopic (exact) mass is 1330 g/mol. The van der Waals surface area contributed by atoms with E-state index in [1.54, 1.807) is 47.7 Å². The average Bonchev–Trinajstić information content (AvgIpc) is 1.20. The third-order valence-corrected chi connectivity index (χ3v) is 18.6. The summed E-state index contributed by atoms with van der Waals surface area (Å²) in [6.07, 6.45) is 7.19. The van der Waals surface area contributed by atoms with Gasteiger partial charge in [0.25, 0.3) is 0 Å². The first-order chi connectivity index (χ1) is 45.3. The lowest BCUT2D eigenvalue weighted by molar-refractivity contribution is -0.148. The molecule has 8 unspecified atom stereocenters. The van der Waals surface area contributed by atoms with Crippen LogP contribution < -0.4 is 27.1 Å². The largest absolute Gasteiger partial charge is 0.379 e. The van der Waals surface area contributed by atoms with Gasteiger partial charge in [0.2, 0.25) is 47.3 Å². The third-order valence-electron chi connectivity index (χ3n) is 18.6. The van der Waals surface area contributed by atoms with Crippen molar-refractivity contribution in [2.24, 2.45) is 51.3 Å². The topological polar surface area (TPSA) is 309 Å². The lowest BCUT2D eigenvalue weighted by Gasteiger charge is -2.41. The van der Waals surface area contributed by atoms with E-state index < -0.39 is 48.1 Å². The number of nitrogens with two attached hydrogens (primary N) is 2. The number of amides is 8. The predicted molar refractivity (Wildman–Crippen MR) is 367 cm³/mol. The maximum atomic E-state index is 14.6. The lowest BCUT2D eigenvalue weighted by atomic mass is 9.82. The zero-order chi connectivity index (χ0) is 70.5. The quantitative estimate of drug-likeness (QED) is 0.0360. The molecule has 0 saturated carbocycles. The van der Waals surface area contributed by atoms with Crippen LogP contribution >= 0.6 is 0 Å². The van der Waals surface area contributed by atoms with E-state index in [1.807, 2.05) is 78.8 Å². The maximum absolute atomic E-state index is 14.6. The molecule has 10 atom stereocenters. The van der Waals surface area contributed by atoms with E-state index in [1.165, 1.54) is 19.1 Å². The van der Waals surface area contributed by atoms with Gasteiger partial charge in [0.05, 0.1) is 101 Å². The van der Waals surface area contributed by atoms with Crippen molar-refractivity contribution < 1.29 is 66.8 Å². The van der Waals surface area contributed by atoms with Crippen LogP contribution in [0.4, 0.5) is 5.69 Å². The molecule has 25 heteroatoms. The first-order valence-electron chi connectivity index (χ1n) is 34.2. The minimum atomic E-state index is -0.970. The zero-order valence-corrected chi connectivity index (χ0v) is 59.7. The predicted octanol–water partition coefficient (Wildman–Crippen LogP) is 5.45. The van der Waals surface area contributed by atoms with Gasteiger partial charge in [-0.05, 0) is 74.3 Å². The number of aliphatic imine (C=N–C) groups is 1. The number of hydrazone groups is 1. The molecular weight excluding hydrogens is 1220 g/mol. The summed E-state index contributed by atoms with van der Waals surface area (Å²) in [5, 5.41) is 10.1. The first-order valence-corrected chi connectivity index (χ1v) is 34.2. The highest BCUT2D eigenvalue weighted by Crippen LogP contribution is 2.35. The smallest absolute Gasteiger partial charge is 0.245 e. The van der Waals surface area contributed by atoms with E-state index in [4.69, 9.17) is 45.0 Å². The third kappa shape index (κ3) is 23.9. The normalized spacial score (nSPS) is 19.0. The Morgan fingerprint density at radius 1 is 0.747 bits per heavy atom. The number of likely N-dealkylation sites (N-methyl/N-ethyl adjacent to an activating group) is 3. The molecule has 1 aliphatic carbocycles. The van der Waals surface area contributed by atoms with Gasteiger partial charge in [-0.25, -0.2) is 0 Å². The van der Waals surface area contributed by atoms with Crippen LogP contribution in [0.15, 0.2) is 57.7 Å². The van der Waals surface area contributed by atoms with E-state index in [0.29, 0.717) is 83.5 Å². The molecule has 2 heterocycles. The van der Waals surface area contributed by atoms with Crippen molar-refractivity contribution in [1.29, 1.82) is 0 Å². The number of hydrogen-bond acceptors (Lipinski definition) is 17. The fourth-order valence-corrected chi connectivity index (χ4v) is 12.5. The van der Waals surface area contributed by atoms with Crippen LogP contribution in [0.2, 0.25) is 0 Å². The minimum absolute atomic E-state index is 0.00471. The Morgan fingerprint density at radius 2 is 1.38 bits per heavy atom. The summed E-state index contributed by atoms with van der Waals surface area (Å²) in [5.41, 5.74) is 10.4. The van der Waals surface area contributed by atoms with Crippen LogP contribution in [-0.2, 0) is 66.8 Å². The molecule has 25 nitrogen and oxygen atoms in total. The summed E-state index contributed by atoms with van der Waals surface area (Å²) in [6, 6.07) is 4.91. The Labute approximate surface area is 565 Å². The van der Waals surface area contributed by atoms with Crippen LogP contribution in [0.25, 0.3) is 0 Å². The molecule has 1 aromatic rings. The highest BCUT2D eigenvalue weighted by Gasteiger charge is 2.44. The highest BCUT2D eigenvalue weighted by atomic mass is 16.6. The molecule has 1 aromatic carbocycles. The molecule has 1 saturated heterocycles. The van der Waals surface area contributed by atoms with Crippen molar-refractivity contribution in [3.63, 3.8) is 0 Å². The number of methoxy groups -OCH3 is 2. The molecule has 4 rings (SSSR count). The fraction of sp³-hybridized carbons (Fsp3) is 0.714. The molecule has 0 spiro atoms. The summed E-state index contributed by atoms with van der Waals surface area (Å²) in [5.74, 6) is 2.48. The van der Waals surface area contributed by atoms with E-state index >= 15 is 0 Å². The summed E-state index contributed by atoms with van der Waals surface area (Å²) in [6.45, 7) is 23.0. The van der Waals surface area contributed by atoms with Crippen molar-refractivity contribution in [2.45, 2.75) is 182 Å². The molecule has 0 aromatic heterocycles. The SMILES string of the molecule is CCC(C)C(C(CC(=O)N1CCCC1C(OC)C(C)C(N)=O)OC)N(C)C(=O)[C@@H](NC(=O)C(C(C)C)N(C)C(=O)CCCC(=O)N(C)CCOCCOCCOCCOCCC(=O)NCCC(=O)N1CC2=C(C=CCC2C)C(=NN)C(=N[C@@H](C)CC)c2ccccc21)C(C)C. The second-order valence-corrected chi connectivity index (χ2v) is 26.1. The Hall–Kier alpha value is -6.64. The van der Waals surface area contributed by atoms with Gasteiger partial charge < -0.3 is 75.1 Å². The second-order valence-electron chi connectivity index (χ2n) is 26.1. The van der Waals surface area contributed by atoms with Gasteiger partial charge in [0.1, 0.15) is 17.8 Å². The van der Waals surface area contributed by atoms with Crippen molar-refractivity contribution in [1.82, 2.24) is 30.2 Å². The molecule has 534 valence electrons. The van der Waals surface area contributed by atoms with Crippen LogP contribution in [0.5, 0.6) is 0 Å². The number of benzene rings is 1. The highest BCUT2D eigenvalue weighted by molar-refractivity contribution is 6.55. The number of carbonyl (C=O) groups is 8. The van der Waals surface area contributed by atoms with E-state index in [2.05, 4.69) is 35.7 Å². The van der Waals surface area contributed by atoms with Crippen LogP contribution in [0, 0.1) is 29.6 Å². The van der Waals surface area contributed by atoms with Crippen LogP contribution in [-0.4, -0.2) is 235 Å². The number of hydrogen-bond donors (Lipinski definition) is 4. The van der Waals surface area contributed by atoms with Crippen LogP contribution in [0.3, 0.4) is 0 Å². The van der Waals surface area contributed by atoms with Crippen molar-refractivity contribution in [3.8, 4) is 0 Å². The van der Waals surface area contributed by atoms with Gasteiger partial charge in [-0.2, -0.15) is 5.10 Å². The van der Waals surface area contributed by atoms with Crippen molar-refractivity contribution >= 4 is 64.4 Å². The molecule has 2 aliphatic heterocycles. The molecule has 6 N–H and O–H groups in total. The number of nitrogens with zero attached hydrogens (tertiary/aromatic N) is 7. The van der Waals surface area contributed by atoms with Gasteiger partial charge in [-0.3, -0.25) is 43.3 Å². The Morgan fingerprint density at radius 3 is 1.97 bits per heavy atom. The van der Waals surface area contributed by atoms with Gasteiger partial charge in [0.15, 0.2) is 0 Å². The van der Waals surface area contributed by atoms with Gasteiger partial charge in [-0.1, -0.05) is 99.1 Å². The summed E-state index contributed by atoms with van der Waals surface area (Å²) in [4.78, 5) is 122. The van der Waals surface area contributed by atoms with Crippen LogP contribution in [0.1, 0.15) is 145 Å². The minimum Gasteiger partial charge on any atom is -0.379 e. The Balaban J connectivity index is 1.10. The first kappa shape index (κ1) is 80.8. The number of likely N-dealkylation sites (tertiary alicyclic amines) is 1. The van der Waals surface area contributed by atoms with E-state index in [-0.39, 0.29) is 129 Å². The number of ether oxygens (including phenoxy) is 6. The van der Waals surface area contributed by atoms with Gasteiger partial charge in [-0.15, -0.1) is 0 Å². The molecule has 8 amide bonds. The van der Waals surface area contributed by atoms with Gasteiger partial charge >= 0.3 is 0 Å². The second kappa shape index (κ2) is 41.5. The molecule has 0 bridgehead atoms. The standard InChI is InChI=1S/C70H115N11O14/c1-16-47(7)66(56(90-14)43-61(86)80-33-22-27-55(80)67(91-15)50(10)68(71)87)79(13)70(89)62(45(3)4)75-69(88)65(46(5)6)78(12)59(84)29-21-28-58(83)77(11)34-36-93-38-40-95-42-41-94-39-37-92-35-31-57(82)73-32-30-60(85)81-44-53-48(8)23-20-25-51(53)64(76-72)63(74-49(9)17-2)52-24-18-19-26-54(52)81/h18-20,24-26,45-50,55-56,62,65-67H,16-17,21-23,27-44,72H2,1-15H3,(H2,71,87)(H,73,82)(H,75,88)/t47?,48?,49-,50?,55?,56?,62-,65?,66?,67?/m0/s1. The number of anilines is 1.